The maximum absolute atomic E-state index is 12.9. The molecular formula is C13H13FN2O2S. The highest BCUT2D eigenvalue weighted by atomic mass is 32.2. The van der Waals surface area contributed by atoms with Crippen molar-refractivity contribution in [1.29, 1.82) is 0 Å². The topological polar surface area (TPSA) is 61.7 Å². The summed E-state index contributed by atoms with van der Waals surface area (Å²) in [4.78, 5) is 15.7. The molecule has 0 bridgehead atoms. The highest BCUT2D eigenvalue weighted by molar-refractivity contribution is 8.13. The van der Waals surface area contributed by atoms with Crippen LogP contribution in [0.4, 0.5) is 4.39 Å². The maximum atomic E-state index is 12.9. The van der Waals surface area contributed by atoms with E-state index in [-0.39, 0.29) is 11.4 Å². The van der Waals surface area contributed by atoms with Crippen molar-refractivity contribution < 1.29 is 14.3 Å². The van der Waals surface area contributed by atoms with Crippen LogP contribution in [0.2, 0.25) is 0 Å². The summed E-state index contributed by atoms with van der Waals surface area (Å²) < 4.78 is 12.9. The Morgan fingerprint density at radius 3 is 2.58 bits per heavy atom. The Labute approximate surface area is 114 Å². The number of nitrogens with one attached hydrogen (secondary N) is 1. The summed E-state index contributed by atoms with van der Waals surface area (Å²) in [7, 11) is 0. The smallest absolute Gasteiger partial charge is 0.335 e. The molecular weight excluding hydrogens is 267 g/mol. The van der Waals surface area contributed by atoms with E-state index in [1.54, 1.807) is 19.1 Å². The molecule has 1 heterocycles. The van der Waals surface area contributed by atoms with Gasteiger partial charge < -0.3 is 10.4 Å². The van der Waals surface area contributed by atoms with Crippen molar-refractivity contribution in [3.05, 3.63) is 46.9 Å². The van der Waals surface area contributed by atoms with E-state index in [0.717, 1.165) is 0 Å². The van der Waals surface area contributed by atoms with E-state index in [1.165, 1.54) is 23.9 Å². The monoisotopic (exact) mass is 280 g/mol. The van der Waals surface area contributed by atoms with Crippen molar-refractivity contribution in [2.75, 3.05) is 6.26 Å². The zero-order valence-corrected chi connectivity index (χ0v) is 11.3. The highest BCUT2D eigenvalue weighted by Crippen LogP contribution is 2.31. The van der Waals surface area contributed by atoms with Crippen LogP contribution in [0.5, 0.6) is 0 Å². The van der Waals surface area contributed by atoms with Crippen LogP contribution in [0.15, 0.2) is 40.5 Å². The summed E-state index contributed by atoms with van der Waals surface area (Å²) in [6.45, 7) is 1.70. The Morgan fingerprint density at radius 2 is 2.05 bits per heavy atom. The highest BCUT2D eigenvalue weighted by Gasteiger charge is 2.28. The van der Waals surface area contributed by atoms with Gasteiger partial charge in [0, 0.05) is 5.70 Å². The van der Waals surface area contributed by atoms with Gasteiger partial charge in [0.1, 0.15) is 11.9 Å². The number of aliphatic imine (C=N–C) groups is 1. The van der Waals surface area contributed by atoms with E-state index in [1.807, 2.05) is 6.26 Å². The number of aliphatic carboxylic acids is 1. The molecule has 1 atom stereocenters. The van der Waals surface area contributed by atoms with E-state index in [2.05, 4.69) is 10.3 Å². The third-order valence-corrected chi connectivity index (χ3v) is 3.42. The van der Waals surface area contributed by atoms with Crippen LogP contribution in [-0.4, -0.2) is 22.5 Å². The summed E-state index contributed by atoms with van der Waals surface area (Å²) in [6.07, 6.45) is 1.85. The fraction of sp³-hybridized carbons (Fsp3) is 0.231. The normalized spacial score (nSPS) is 18.9. The molecule has 1 aliphatic rings. The van der Waals surface area contributed by atoms with Gasteiger partial charge in [0.2, 0.25) is 0 Å². The number of carbonyl (C=O) groups is 1. The van der Waals surface area contributed by atoms with E-state index in [0.29, 0.717) is 16.4 Å². The fourth-order valence-electron chi connectivity index (χ4n) is 1.91. The standard InChI is InChI=1S/C13H13FN2O2S/c1-7-10(12(17)18)11(16-13(15-7)19-2)8-3-5-9(14)6-4-8/h3-6,11H,1-2H3,(H,15,16)(H,17,18). The van der Waals surface area contributed by atoms with Gasteiger partial charge in [0.05, 0.1) is 5.57 Å². The molecule has 2 rings (SSSR count). The molecule has 0 fully saturated rings. The second kappa shape index (κ2) is 5.44. The number of carboxylic acids is 1. The second-order valence-corrected chi connectivity index (χ2v) is 4.86. The van der Waals surface area contributed by atoms with Crippen molar-refractivity contribution in [2.45, 2.75) is 13.0 Å². The Kier molecular flexibility index (Phi) is 3.90. The first-order valence-electron chi connectivity index (χ1n) is 5.61. The van der Waals surface area contributed by atoms with Gasteiger partial charge in [-0.2, -0.15) is 0 Å². The van der Waals surface area contributed by atoms with Crippen LogP contribution in [0, 0.1) is 5.82 Å². The first-order valence-corrected chi connectivity index (χ1v) is 6.83. The lowest BCUT2D eigenvalue weighted by Crippen LogP contribution is -2.29. The third-order valence-electron chi connectivity index (χ3n) is 2.83. The van der Waals surface area contributed by atoms with Gasteiger partial charge in [0.25, 0.3) is 0 Å². The lowest BCUT2D eigenvalue weighted by molar-refractivity contribution is -0.133. The van der Waals surface area contributed by atoms with E-state index in [9.17, 15) is 14.3 Å². The van der Waals surface area contributed by atoms with Gasteiger partial charge in [-0.05, 0) is 30.9 Å². The van der Waals surface area contributed by atoms with Crippen LogP contribution in [0.1, 0.15) is 18.5 Å². The predicted octanol–water partition coefficient (Wildman–Crippen LogP) is 2.55. The number of allylic oxidation sites excluding steroid dienone is 1. The minimum atomic E-state index is -1.02. The summed E-state index contributed by atoms with van der Waals surface area (Å²) in [5.41, 5.74) is 1.40. The number of thioether (sulfide) groups is 1. The van der Waals surface area contributed by atoms with Crippen molar-refractivity contribution >= 4 is 22.9 Å². The quantitative estimate of drug-likeness (QED) is 0.874. The van der Waals surface area contributed by atoms with Crippen molar-refractivity contribution in [3.8, 4) is 0 Å². The number of hydrogen-bond donors (Lipinski definition) is 2. The number of benzene rings is 1. The summed E-state index contributed by atoms with van der Waals surface area (Å²) in [6, 6.07) is 5.12. The SMILES string of the molecule is CSC1=NC(c2ccc(F)cc2)C(C(=O)O)=C(C)N1. The number of hydrogen-bond acceptors (Lipinski definition) is 4. The Morgan fingerprint density at radius 1 is 1.42 bits per heavy atom. The first-order chi connectivity index (χ1) is 9.02. The molecule has 1 aromatic rings. The molecule has 0 aromatic heterocycles. The lowest BCUT2D eigenvalue weighted by atomic mass is 9.97. The van der Waals surface area contributed by atoms with Gasteiger partial charge in [-0.3, -0.25) is 0 Å². The van der Waals surface area contributed by atoms with Crippen molar-refractivity contribution in [1.82, 2.24) is 5.32 Å². The number of amidine groups is 1. The molecule has 19 heavy (non-hydrogen) atoms. The average molecular weight is 280 g/mol. The first kappa shape index (κ1) is 13.6. The number of halogens is 1. The maximum Gasteiger partial charge on any atom is 0.335 e. The molecule has 0 spiro atoms. The molecule has 1 aromatic carbocycles. The van der Waals surface area contributed by atoms with E-state index < -0.39 is 12.0 Å². The Balaban J connectivity index is 2.48. The number of rotatable bonds is 2. The summed E-state index contributed by atoms with van der Waals surface area (Å²) in [5, 5.41) is 12.9. The minimum absolute atomic E-state index is 0.185. The zero-order valence-electron chi connectivity index (χ0n) is 10.5. The minimum Gasteiger partial charge on any atom is -0.478 e. The predicted molar refractivity (Wildman–Crippen MR) is 73.6 cm³/mol. The molecule has 100 valence electrons. The molecule has 1 aliphatic heterocycles. The Bertz CT molecular complexity index is 567. The van der Waals surface area contributed by atoms with E-state index in [4.69, 9.17) is 0 Å². The molecule has 0 aliphatic carbocycles. The largest absolute Gasteiger partial charge is 0.478 e. The van der Waals surface area contributed by atoms with Gasteiger partial charge in [0.15, 0.2) is 5.17 Å². The summed E-state index contributed by atoms with van der Waals surface area (Å²) in [5.74, 6) is -1.38. The van der Waals surface area contributed by atoms with Gasteiger partial charge in [-0.1, -0.05) is 23.9 Å². The average Bonchev–Trinajstić information content (AvgIpc) is 2.38. The van der Waals surface area contributed by atoms with Crippen LogP contribution in [0.25, 0.3) is 0 Å². The van der Waals surface area contributed by atoms with Crippen molar-refractivity contribution in [2.24, 2.45) is 4.99 Å². The third kappa shape index (κ3) is 2.78. The molecule has 0 amide bonds. The molecule has 0 saturated heterocycles. The molecule has 2 N–H and O–H groups in total. The van der Waals surface area contributed by atoms with Crippen LogP contribution >= 0.6 is 11.8 Å². The number of carboxylic acid groups (broad SMARTS) is 1. The Hall–Kier alpha value is -1.82. The summed E-state index contributed by atoms with van der Waals surface area (Å²) >= 11 is 1.40. The van der Waals surface area contributed by atoms with Crippen LogP contribution in [-0.2, 0) is 4.79 Å². The molecule has 0 saturated carbocycles. The lowest BCUT2D eigenvalue weighted by Gasteiger charge is -2.24. The van der Waals surface area contributed by atoms with E-state index >= 15 is 0 Å². The molecule has 0 radical (unpaired) electrons. The molecule has 6 heteroatoms. The van der Waals surface area contributed by atoms with Crippen LogP contribution in [0.3, 0.4) is 0 Å². The molecule has 4 nitrogen and oxygen atoms in total. The van der Waals surface area contributed by atoms with Crippen LogP contribution < -0.4 is 5.32 Å². The fourth-order valence-corrected chi connectivity index (χ4v) is 2.38. The van der Waals surface area contributed by atoms with Gasteiger partial charge in [-0.15, -0.1) is 0 Å². The number of nitrogens with zero attached hydrogens (tertiary/aromatic N) is 1. The van der Waals surface area contributed by atoms with Gasteiger partial charge >= 0.3 is 5.97 Å². The van der Waals surface area contributed by atoms with Crippen molar-refractivity contribution in [3.63, 3.8) is 0 Å². The second-order valence-electron chi connectivity index (χ2n) is 4.06. The molecule has 1 unspecified atom stereocenters. The zero-order chi connectivity index (χ0) is 14.0. The van der Waals surface area contributed by atoms with Gasteiger partial charge in [-0.25, -0.2) is 14.2 Å².